The highest BCUT2D eigenvalue weighted by Crippen LogP contribution is 2.27. The number of hydrogen-bond donors (Lipinski definition) is 1. The van der Waals surface area contributed by atoms with Gasteiger partial charge in [-0.05, 0) is 37.3 Å². The number of carbonyl (C=O) groups is 1. The number of hydrogen-bond acceptors (Lipinski definition) is 5. The van der Waals surface area contributed by atoms with Crippen LogP contribution < -0.4 is 10.9 Å². The lowest BCUT2D eigenvalue weighted by Gasteiger charge is -2.11. The minimum atomic E-state index is -0.314. The summed E-state index contributed by atoms with van der Waals surface area (Å²) in [6, 6.07) is 12.4. The first kappa shape index (κ1) is 18.9. The number of para-hydroxylation sites is 1. The molecule has 0 saturated heterocycles. The first-order valence-corrected chi connectivity index (χ1v) is 9.39. The Balaban J connectivity index is 1.59. The maximum absolute atomic E-state index is 12.7. The number of fused-ring (bicyclic) bond motifs is 2. The summed E-state index contributed by atoms with van der Waals surface area (Å²) in [6.45, 7) is 7.68. The standard InChI is InChI=1S/C22H22N4O3/c1-13-23-16-8-6-5-7-15(16)20(28)26(13)12-19(27)24-14-9-10-18-17(11-14)25-21(29-18)22(2,3)4/h5-11H,12H2,1-4H3,(H,24,27). The number of aryl methyl sites for hydroxylation is 1. The Morgan fingerprint density at radius 3 is 2.62 bits per heavy atom. The van der Waals surface area contributed by atoms with Gasteiger partial charge in [0.15, 0.2) is 5.58 Å². The number of nitrogens with one attached hydrogen (secondary N) is 1. The van der Waals surface area contributed by atoms with Crippen LogP contribution in [0.4, 0.5) is 5.69 Å². The van der Waals surface area contributed by atoms with Gasteiger partial charge in [-0.25, -0.2) is 9.97 Å². The Hall–Kier alpha value is -3.48. The molecule has 7 nitrogen and oxygen atoms in total. The van der Waals surface area contributed by atoms with Crippen LogP contribution in [0.15, 0.2) is 51.7 Å². The van der Waals surface area contributed by atoms with Crippen molar-refractivity contribution in [3.05, 3.63) is 64.5 Å². The number of benzene rings is 2. The molecule has 0 fully saturated rings. The molecule has 0 spiro atoms. The summed E-state index contributed by atoms with van der Waals surface area (Å²) in [5.41, 5.74) is 2.12. The highest BCUT2D eigenvalue weighted by molar-refractivity contribution is 5.93. The van der Waals surface area contributed by atoms with Crippen molar-refractivity contribution >= 4 is 33.6 Å². The summed E-state index contributed by atoms with van der Waals surface area (Å²) in [6.07, 6.45) is 0. The third-order valence-corrected chi connectivity index (χ3v) is 4.67. The van der Waals surface area contributed by atoms with Gasteiger partial charge in [0.1, 0.15) is 17.9 Å². The molecular weight excluding hydrogens is 368 g/mol. The van der Waals surface area contributed by atoms with E-state index in [4.69, 9.17) is 4.42 Å². The zero-order valence-corrected chi connectivity index (χ0v) is 16.8. The third kappa shape index (κ3) is 3.63. The summed E-state index contributed by atoms with van der Waals surface area (Å²) in [5.74, 6) is 0.817. The molecule has 0 aliphatic carbocycles. The predicted molar refractivity (Wildman–Crippen MR) is 112 cm³/mol. The molecule has 0 aliphatic rings. The number of carbonyl (C=O) groups excluding carboxylic acids is 1. The van der Waals surface area contributed by atoms with E-state index in [1.54, 1.807) is 43.3 Å². The van der Waals surface area contributed by atoms with Crippen molar-refractivity contribution in [2.24, 2.45) is 0 Å². The minimum absolute atomic E-state index is 0.118. The van der Waals surface area contributed by atoms with Crippen molar-refractivity contribution in [1.82, 2.24) is 14.5 Å². The second kappa shape index (κ2) is 6.84. The maximum Gasteiger partial charge on any atom is 0.261 e. The average molecular weight is 390 g/mol. The van der Waals surface area contributed by atoms with Crippen LogP contribution in [0.3, 0.4) is 0 Å². The van der Waals surface area contributed by atoms with Crippen LogP contribution in [-0.2, 0) is 16.8 Å². The lowest BCUT2D eigenvalue weighted by molar-refractivity contribution is -0.116. The summed E-state index contributed by atoms with van der Waals surface area (Å²) in [5, 5.41) is 3.32. The number of rotatable bonds is 3. The highest BCUT2D eigenvalue weighted by Gasteiger charge is 2.21. The first-order chi connectivity index (χ1) is 13.7. The van der Waals surface area contributed by atoms with Crippen molar-refractivity contribution in [2.45, 2.75) is 39.7 Å². The Morgan fingerprint density at radius 1 is 1.10 bits per heavy atom. The van der Waals surface area contributed by atoms with Gasteiger partial charge in [-0.1, -0.05) is 32.9 Å². The monoisotopic (exact) mass is 390 g/mol. The van der Waals surface area contributed by atoms with Crippen molar-refractivity contribution in [3.63, 3.8) is 0 Å². The van der Waals surface area contributed by atoms with Gasteiger partial charge in [-0.15, -0.1) is 0 Å². The van der Waals surface area contributed by atoms with Gasteiger partial charge in [0.05, 0.1) is 10.9 Å². The molecule has 0 bridgehead atoms. The highest BCUT2D eigenvalue weighted by atomic mass is 16.3. The Bertz CT molecular complexity index is 1300. The Labute approximate surface area is 167 Å². The topological polar surface area (TPSA) is 90.0 Å². The Kier molecular flexibility index (Phi) is 4.45. The molecule has 2 aromatic carbocycles. The van der Waals surface area contributed by atoms with Gasteiger partial charge in [-0.2, -0.15) is 0 Å². The summed E-state index contributed by atoms with van der Waals surface area (Å²) >= 11 is 0. The maximum atomic E-state index is 12.7. The van der Waals surface area contributed by atoms with Gasteiger partial charge in [-0.3, -0.25) is 14.2 Å². The molecule has 29 heavy (non-hydrogen) atoms. The van der Waals surface area contributed by atoms with Gasteiger partial charge in [0, 0.05) is 11.1 Å². The number of aromatic nitrogens is 3. The Morgan fingerprint density at radius 2 is 1.86 bits per heavy atom. The van der Waals surface area contributed by atoms with Gasteiger partial charge < -0.3 is 9.73 Å². The van der Waals surface area contributed by atoms with E-state index in [9.17, 15) is 9.59 Å². The van der Waals surface area contributed by atoms with E-state index >= 15 is 0 Å². The van der Waals surface area contributed by atoms with Crippen LogP contribution in [0.25, 0.3) is 22.0 Å². The fourth-order valence-corrected chi connectivity index (χ4v) is 3.14. The molecule has 0 saturated carbocycles. The van der Waals surface area contributed by atoms with Gasteiger partial charge >= 0.3 is 0 Å². The molecule has 4 aromatic rings. The van der Waals surface area contributed by atoms with E-state index in [0.717, 1.165) is 0 Å². The molecule has 4 rings (SSSR count). The zero-order valence-electron chi connectivity index (χ0n) is 16.8. The zero-order chi connectivity index (χ0) is 20.8. The van der Waals surface area contributed by atoms with E-state index < -0.39 is 0 Å². The van der Waals surface area contributed by atoms with Crippen LogP contribution in [0.2, 0.25) is 0 Å². The molecule has 0 atom stereocenters. The normalized spacial score (nSPS) is 11.9. The van der Waals surface area contributed by atoms with Crippen LogP contribution in [-0.4, -0.2) is 20.4 Å². The largest absolute Gasteiger partial charge is 0.440 e. The third-order valence-electron chi connectivity index (χ3n) is 4.67. The number of oxazole rings is 1. The molecule has 1 amide bonds. The molecule has 148 valence electrons. The first-order valence-electron chi connectivity index (χ1n) is 9.39. The quantitative estimate of drug-likeness (QED) is 0.575. The average Bonchev–Trinajstić information content (AvgIpc) is 3.09. The molecule has 2 aromatic heterocycles. The van der Waals surface area contributed by atoms with Crippen LogP contribution in [0, 0.1) is 6.92 Å². The van der Waals surface area contributed by atoms with Crippen molar-refractivity contribution in [2.75, 3.05) is 5.32 Å². The summed E-state index contributed by atoms with van der Waals surface area (Å²) < 4.78 is 7.16. The number of amides is 1. The second-order valence-electron chi connectivity index (χ2n) is 8.07. The summed E-state index contributed by atoms with van der Waals surface area (Å²) in [4.78, 5) is 34.2. The fourth-order valence-electron chi connectivity index (χ4n) is 3.14. The fraction of sp³-hybridized carbons (Fsp3) is 0.273. The smallest absolute Gasteiger partial charge is 0.261 e. The second-order valence-corrected chi connectivity index (χ2v) is 8.07. The lowest BCUT2D eigenvalue weighted by atomic mass is 9.97. The van der Waals surface area contributed by atoms with E-state index in [0.29, 0.717) is 39.4 Å². The van der Waals surface area contributed by atoms with E-state index in [1.807, 2.05) is 26.8 Å². The molecule has 0 radical (unpaired) electrons. The molecule has 2 heterocycles. The molecular formula is C22H22N4O3. The van der Waals surface area contributed by atoms with Gasteiger partial charge in [0.25, 0.3) is 5.56 Å². The predicted octanol–water partition coefficient (Wildman–Crippen LogP) is 3.78. The molecule has 0 aliphatic heterocycles. The van der Waals surface area contributed by atoms with Crippen LogP contribution in [0.1, 0.15) is 32.5 Å². The number of nitrogens with zero attached hydrogens (tertiary/aromatic N) is 3. The molecule has 1 N–H and O–H groups in total. The van der Waals surface area contributed by atoms with Crippen LogP contribution >= 0.6 is 0 Å². The lowest BCUT2D eigenvalue weighted by Crippen LogP contribution is -2.30. The van der Waals surface area contributed by atoms with E-state index in [1.165, 1.54) is 4.57 Å². The van der Waals surface area contributed by atoms with Gasteiger partial charge in [0.2, 0.25) is 11.8 Å². The molecule has 7 heteroatoms. The SMILES string of the molecule is Cc1nc2ccccc2c(=O)n1CC(=O)Nc1ccc2oc(C(C)(C)C)nc2c1. The van der Waals surface area contributed by atoms with Crippen LogP contribution in [0.5, 0.6) is 0 Å². The summed E-state index contributed by atoms with van der Waals surface area (Å²) in [7, 11) is 0. The van der Waals surface area contributed by atoms with Crippen molar-refractivity contribution < 1.29 is 9.21 Å². The number of anilines is 1. The van der Waals surface area contributed by atoms with E-state index in [2.05, 4.69) is 15.3 Å². The molecule has 0 unspecified atom stereocenters. The van der Waals surface area contributed by atoms with Crippen molar-refractivity contribution in [1.29, 1.82) is 0 Å². The minimum Gasteiger partial charge on any atom is -0.440 e. The van der Waals surface area contributed by atoms with Crippen molar-refractivity contribution in [3.8, 4) is 0 Å². The van der Waals surface area contributed by atoms with E-state index in [-0.39, 0.29) is 23.4 Å².